The number of para-hydroxylation sites is 1. The van der Waals surface area contributed by atoms with E-state index in [1.807, 2.05) is 18.2 Å². The van der Waals surface area contributed by atoms with E-state index in [9.17, 15) is 9.59 Å². The van der Waals surface area contributed by atoms with E-state index in [1.165, 1.54) is 12.7 Å². The number of amides is 1. The number of fused-ring (bicyclic) bond motifs is 1. The van der Waals surface area contributed by atoms with Crippen LogP contribution in [0, 0.1) is 5.92 Å². The maximum atomic E-state index is 12.3. The molecule has 1 aliphatic heterocycles. The Morgan fingerprint density at radius 1 is 1.43 bits per heavy atom. The first-order chi connectivity index (χ1) is 10.0. The number of nitrogens with zero attached hydrogens (tertiary/aromatic N) is 1. The summed E-state index contributed by atoms with van der Waals surface area (Å²) < 4.78 is 4.69. The minimum absolute atomic E-state index is 0.0502. The zero-order valence-corrected chi connectivity index (χ0v) is 12.8. The second-order valence-corrected chi connectivity index (χ2v) is 5.57. The molecular weight excluding hydrogens is 268 g/mol. The van der Waals surface area contributed by atoms with Gasteiger partial charge in [-0.3, -0.25) is 9.59 Å². The van der Waals surface area contributed by atoms with Crippen LogP contribution in [0.3, 0.4) is 0 Å². The molecule has 5 heteroatoms. The summed E-state index contributed by atoms with van der Waals surface area (Å²) in [5, 5.41) is 3.32. The van der Waals surface area contributed by atoms with E-state index >= 15 is 0 Å². The Kier molecular flexibility index (Phi) is 4.83. The lowest BCUT2D eigenvalue weighted by Crippen LogP contribution is -2.35. The van der Waals surface area contributed by atoms with Crippen LogP contribution in [0.1, 0.15) is 24.8 Å². The van der Waals surface area contributed by atoms with Crippen molar-refractivity contribution in [2.45, 2.75) is 19.3 Å². The average molecular weight is 290 g/mol. The van der Waals surface area contributed by atoms with Gasteiger partial charge in [0.25, 0.3) is 0 Å². The first-order valence-electron chi connectivity index (χ1n) is 7.17. The lowest BCUT2D eigenvalue weighted by atomic mass is 9.97. The lowest BCUT2D eigenvalue weighted by molar-refractivity contribution is -0.146. The minimum Gasteiger partial charge on any atom is -0.469 e. The van der Waals surface area contributed by atoms with Crippen LogP contribution >= 0.6 is 0 Å². The summed E-state index contributed by atoms with van der Waals surface area (Å²) in [6, 6.07) is 8.07. The maximum Gasteiger partial charge on any atom is 0.310 e. The van der Waals surface area contributed by atoms with E-state index in [0.717, 1.165) is 12.2 Å². The highest BCUT2D eigenvalue weighted by Crippen LogP contribution is 2.33. The molecule has 1 aromatic carbocycles. The van der Waals surface area contributed by atoms with E-state index in [2.05, 4.69) is 16.1 Å². The third-order valence-corrected chi connectivity index (χ3v) is 3.94. The maximum absolute atomic E-state index is 12.3. The van der Waals surface area contributed by atoms with Crippen molar-refractivity contribution in [3.05, 3.63) is 29.8 Å². The van der Waals surface area contributed by atoms with Gasteiger partial charge < -0.3 is 15.0 Å². The zero-order chi connectivity index (χ0) is 15.4. The number of ether oxygens (including phenoxy) is 1. The quantitative estimate of drug-likeness (QED) is 0.841. The number of rotatable bonds is 5. The van der Waals surface area contributed by atoms with Crippen LogP contribution < -0.4 is 5.32 Å². The van der Waals surface area contributed by atoms with E-state index in [4.69, 9.17) is 0 Å². The second-order valence-electron chi connectivity index (χ2n) is 5.57. The van der Waals surface area contributed by atoms with Gasteiger partial charge in [-0.2, -0.15) is 0 Å². The Morgan fingerprint density at radius 3 is 2.86 bits per heavy atom. The molecule has 1 N–H and O–H groups in total. The molecule has 0 bridgehead atoms. The lowest BCUT2D eigenvalue weighted by Gasteiger charge is -2.22. The number of carbonyl (C=O) groups excluding carboxylic acids is 2. The van der Waals surface area contributed by atoms with Crippen LogP contribution in [0.2, 0.25) is 0 Å². The number of hydrogen-bond acceptors (Lipinski definition) is 4. The third kappa shape index (κ3) is 3.54. The molecule has 0 aliphatic carbocycles. The molecule has 2 unspecified atom stereocenters. The molecule has 0 spiro atoms. The Morgan fingerprint density at radius 2 is 2.14 bits per heavy atom. The van der Waals surface area contributed by atoms with E-state index in [0.29, 0.717) is 13.0 Å². The van der Waals surface area contributed by atoms with Crippen molar-refractivity contribution in [3.8, 4) is 0 Å². The predicted octanol–water partition coefficient (Wildman–Crippen LogP) is 1.85. The standard InChI is InChI=1S/C16H22N2O3/c1-11(16(20)21-3)10-18(2)15(19)8-12-9-17-14-7-5-4-6-13(12)14/h4-7,11-12,17H,8-10H2,1-3H3. The van der Waals surface area contributed by atoms with Crippen LogP contribution in [-0.4, -0.2) is 44.0 Å². The van der Waals surface area contributed by atoms with Crippen LogP contribution in [0.5, 0.6) is 0 Å². The highest BCUT2D eigenvalue weighted by atomic mass is 16.5. The first-order valence-corrected chi connectivity index (χ1v) is 7.17. The Labute approximate surface area is 125 Å². The Balaban J connectivity index is 1.92. The van der Waals surface area contributed by atoms with Crippen LogP contribution in [0.25, 0.3) is 0 Å². The average Bonchev–Trinajstić information content (AvgIpc) is 2.89. The van der Waals surface area contributed by atoms with Gasteiger partial charge in [0.15, 0.2) is 0 Å². The van der Waals surface area contributed by atoms with Gasteiger partial charge in [0.2, 0.25) is 5.91 Å². The first kappa shape index (κ1) is 15.4. The number of benzene rings is 1. The topological polar surface area (TPSA) is 58.6 Å². The monoisotopic (exact) mass is 290 g/mol. The van der Waals surface area contributed by atoms with Gasteiger partial charge in [0, 0.05) is 38.2 Å². The molecule has 114 valence electrons. The van der Waals surface area contributed by atoms with E-state index in [1.54, 1.807) is 18.9 Å². The highest BCUT2D eigenvalue weighted by Gasteiger charge is 2.26. The van der Waals surface area contributed by atoms with E-state index < -0.39 is 0 Å². The molecule has 2 rings (SSSR count). The summed E-state index contributed by atoms with van der Waals surface area (Å²) >= 11 is 0. The Bertz CT molecular complexity index is 530. The van der Waals surface area contributed by atoms with Gasteiger partial charge in [0.1, 0.15) is 0 Å². The molecular formula is C16H22N2O3. The van der Waals surface area contributed by atoms with Crippen molar-refractivity contribution in [1.29, 1.82) is 0 Å². The van der Waals surface area contributed by atoms with Crippen LogP contribution in [0.4, 0.5) is 5.69 Å². The molecule has 2 atom stereocenters. The van der Waals surface area contributed by atoms with Gasteiger partial charge in [-0.25, -0.2) is 0 Å². The summed E-state index contributed by atoms with van der Waals surface area (Å²) in [5.74, 6) is -0.348. The number of esters is 1. The number of hydrogen-bond donors (Lipinski definition) is 1. The molecule has 5 nitrogen and oxygen atoms in total. The molecule has 0 saturated heterocycles. The summed E-state index contributed by atoms with van der Waals surface area (Å²) in [5.41, 5.74) is 2.31. The summed E-state index contributed by atoms with van der Waals surface area (Å²) in [6.07, 6.45) is 0.453. The number of anilines is 1. The van der Waals surface area contributed by atoms with Crippen molar-refractivity contribution in [2.24, 2.45) is 5.92 Å². The fraction of sp³-hybridized carbons (Fsp3) is 0.500. The molecule has 1 aliphatic rings. The second kappa shape index (κ2) is 6.61. The molecule has 21 heavy (non-hydrogen) atoms. The van der Waals surface area contributed by atoms with Crippen molar-refractivity contribution in [3.63, 3.8) is 0 Å². The van der Waals surface area contributed by atoms with Crippen molar-refractivity contribution < 1.29 is 14.3 Å². The van der Waals surface area contributed by atoms with Gasteiger partial charge in [0.05, 0.1) is 13.0 Å². The molecule has 0 aromatic heterocycles. The van der Waals surface area contributed by atoms with Crippen molar-refractivity contribution >= 4 is 17.6 Å². The molecule has 1 heterocycles. The van der Waals surface area contributed by atoms with Gasteiger partial charge in [-0.1, -0.05) is 25.1 Å². The van der Waals surface area contributed by atoms with E-state index in [-0.39, 0.29) is 23.7 Å². The summed E-state index contributed by atoms with van der Waals surface area (Å²) in [7, 11) is 3.10. The van der Waals surface area contributed by atoms with Crippen molar-refractivity contribution in [1.82, 2.24) is 4.90 Å². The molecule has 0 radical (unpaired) electrons. The van der Waals surface area contributed by atoms with Gasteiger partial charge in [-0.05, 0) is 11.6 Å². The smallest absolute Gasteiger partial charge is 0.310 e. The normalized spacial score (nSPS) is 17.6. The summed E-state index contributed by atoms with van der Waals surface area (Å²) in [4.78, 5) is 25.3. The number of methoxy groups -OCH3 is 1. The minimum atomic E-state index is -0.307. The fourth-order valence-electron chi connectivity index (χ4n) is 2.69. The molecule has 1 aromatic rings. The van der Waals surface area contributed by atoms with Gasteiger partial charge in [-0.15, -0.1) is 0 Å². The fourth-order valence-corrected chi connectivity index (χ4v) is 2.69. The van der Waals surface area contributed by atoms with Crippen LogP contribution in [0.15, 0.2) is 24.3 Å². The molecule has 1 amide bonds. The Hall–Kier alpha value is -2.04. The van der Waals surface area contributed by atoms with Gasteiger partial charge >= 0.3 is 5.97 Å². The van der Waals surface area contributed by atoms with Crippen LogP contribution in [-0.2, 0) is 14.3 Å². The molecule has 0 fully saturated rings. The highest BCUT2D eigenvalue weighted by molar-refractivity contribution is 5.79. The SMILES string of the molecule is COC(=O)C(C)CN(C)C(=O)CC1CNc2ccccc21. The number of carbonyl (C=O) groups is 2. The predicted molar refractivity (Wildman–Crippen MR) is 81.1 cm³/mol. The zero-order valence-electron chi connectivity index (χ0n) is 12.8. The summed E-state index contributed by atoms with van der Waals surface area (Å²) in [6.45, 7) is 2.93. The van der Waals surface area contributed by atoms with Crippen molar-refractivity contribution in [2.75, 3.05) is 32.6 Å². The molecule has 0 saturated carbocycles. The largest absolute Gasteiger partial charge is 0.469 e. The number of nitrogens with one attached hydrogen (secondary N) is 1. The third-order valence-electron chi connectivity index (χ3n) is 3.94.